The third kappa shape index (κ3) is 5.61. The van der Waals surface area contributed by atoms with Gasteiger partial charge in [-0.25, -0.2) is 4.39 Å². The molecule has 2 aromatic carbocycles. The molecular weight excluding hydrogens is 495 g/mol. The van der Waals surface area contributed by atoms with Gasteiger partial charge >= 0.3 is 0 Å². The van der Waals surface area contributed by atoms with Crippen LogP contribution in [0.2, 0.25) is 0 Å². The Morgan fingerprint density at radius 1 is 1.03 bits per heavy atom. The van der Waals surface area contributed by atoms with E-state index in [0.717, 1.165) is 19.2 Å². The van der Waals surface area contributed by atoms with Crippen molar-refractivity contribution in [3.63, 3.8) is 0 Å². The van der Waals surface area contributed by atoms with E-state index in [1.807, 2.05) is 0 Å². The van der Waals surface area contributed by atoms with E-state index in [0.29, 0.717) is 36.8 Å². The molecule has 4 rings (SSSR count). The number of aliphatic hydroxyl groups excluding tert-OH is 1. The number of nitrogens with zero attached hydrogens (tertiary/aromatic N) is 2. The Hall–Kier alpha value is -3.63. The molecule has 10 heteroatoms. The number of amides is 1. The van der Waals surface area contributed by atoms with E-state index < -0.39 is 29.3 Å². The number of aliphatic hydroxyl groups is 1. The molecule has 0 bridgehead atoms. The van der Waals surface area contributed by atoms with Crippen LogP contribution in [-0.2, 0) is 14.3 Å². The zero-order valence-electron chi connectivity index (χ0n) is 22.0. The molecule has 38 heavy (non-hydrogen) atoms. The average molecular weight is 529 g/mol. The lowest BCUT2D eigenvalue weighted by Gasteiger charge is -2.31. The fourth-order valence-corrected chi connectivity index (χ4v) is 4.71. The molecule has 2 aliphatic heterocycles. The van der Waals surface area contributed by atoms with Crippen molar-refractivity contribution in [2.75, 3.05) is 53.6 Å². The summed E-state index contributed by atoms with van der Waals surface area (Å²) in [5.74, 6) is -1.82. The minimum Gasteiger partial charge on any atom is -0.507 e. The number of ketones is 1. The topological polar surface area (TPSA) is 97.8 Å². The standard InChI is InChI=1S/C28H33FN2O7/c1-17(2)38-21-7-6-19(15-20(21)29)26(32)24-25(18-5-8-22(35-3)23(16-18)36-4)31(28(34)27(24)33)10-9-30-11-13-37-14-12-30/h5-8,15-17,25,32H,9-14H2,1-4H3/b26-24+/t25-/m1/s1. The van der Waals surface area contributed by atoms with Crippen LogP contribution in [0.4, 0.5) is 4.39 Å². The fraction of sp³-hybridized carbons (Fsp3) is 0.429. The second kappa shape index (κ2) is 11.8. The van der Waals surface area contributed by atoms with Crippen LogP contribution in [0.15, 0.2) is 42.0 Å². The highest BCUT2D eigenvalue weighted by atomic mass is 19.1. The minimum atomic E-state index is -0.912. The Kier molecular flexibility index (Phi) is 8.53. The summed E-state index contributed by atoms with van der Waals surface area (Å²) in [5.41, 5.74) is 0.488. The van der Waals surface area contributed by atoms with Crippen LogP contribution in [-0.4, -0.2) is 86.3 Å². The molecule has 1 amide bonds. The summed E-state index contributed by atoms with van der Waals surface area (Å²) in [6.45, 7) is 6.94. The first-order valence-electron chi connectivity index (χ1n) is 12.5. The van der Waals surface area contributed by atoms with E-state index in [1.54, 1.807) is 32.0 Å². The lowest BCUT2D eigenvalue weighted by molar-refractivity contribution is -0.140. The van der Waals surface area contributed by atoms with Gasteiger partial charge in [-0.3, -0.25) is 14.5 Å². The largest absolute Gasteiger partial charge is 0.507 e. The van der Waals surface area contributed by atoms with Crippen molar-refractivity contribution in [3.05, 3.63) is 58.9 Å². The third-order valence-corrected chi connectivity index (χ3v) is 6.59. The van der Waals surface area contributed by atoms with Crippen LogP contribution < -0.4 is 14.2 Å². The van der Waals surface area contributed by atoms with Gasteiger partial charge in [0.15, 0.2) is 23.1 Å². The molecule has 2 heterocycles. The molecule has 0 aromatic heterocycles. The van der Waals surface area contributed by atoms with Crippen molar-refractivity contribution in [1.82, 2.24) is 9.80 Å². The van der Waals surface area contributed by atoms with E-state index >= 15 is 0 Å². The maximum atomic E-state index is 14.8. The van der Waals surface area contributed by atoms with Gasteiger partial charge in [0.25, 0.3) is 11.7 Å². The third-order valence-electron chi connectivity index (χ3n) is 6.59. The molecule has 1 N–H and O–H groups in total. The minimum absolute atomic E-state index is 0.0268. The summed E-state index contributed by atoms with van der Waals surface area (Å²) < 4.78 is 36.4. The van der Waals surface area contributed by atoms with Gasteiger partial charge < -0.3 is 29.0 Å². The first-order chi connectivity index (χ1) is 18.2. The van der Waals surface area contributed by atoms with Crippen molar-refractivity contribution in [1.29, 1.82) is 0 Å². The van der Waals surface area contributed by atoms with Crippen molar-refractivity contribution in [3.8, 4) is 17.2 Å². The number of halogens is 1. The van der Waals surface area contributed by atoms with Gasteiger partial charge in [-0.15, -0.1) is 0 Å². The van der Waals surface area contributed by atoms with Gasteiger partial charge in [0, 0.05) is 31.7 Å². The Morgan fingerprint density at radius 3 is 2.34 bits per heavy atom. The molecule has 1 atom stereocenters. The Balaban J connectivity index is 1.77. The van der Waals surface area contributed by atoms with E-state index in [1.165, 1.54) is 31.3 Å². The van der Waals surface area contributed by atoms with Crippen LogP contribution >= 0.6 is 0 Å². The first kappa shape index (κ1) is 27.4. The quantitative estimate of drug-likeness (QED) is 0.301. The fourth-order valence-electron chi connectivity index (χ4n) is 4.71. The van der Waals surface area contributed by atoms with E-state index in [4.69, 9.17) is 18.9 Å². The normalized spacial score (nSPS) is 19.7. The SMILES string of the molecule is COc1ccc([C@@H]2/C(=C(\O)c3ccc(OC(C)C)c(F)c3)C(=O)C(=O)N2CCN2CCOCC2)cc1OC. The highest BCUT2D eigenvalue weighted by Crippen LogP contribution is 2.42. The number of carbonyl (C=O) groups is 2. The smallest absolute Gasteiger partial charge is 0.295 e. The number of benzene rings is 2. The number of carbonyl (C=O) groups excluding carboxylic acids is 2. The van der Waals surface area contributed by atoms with Crippen LogP contribution in [0.25, 0.3) is 5.76 Å². The summed E-state index contributed by atoms with van der Waals surface area (Å²) in [7, 11) is 2.99. The first-order valence-corrected chi connectivity index (χ1v) is 12.5. The Labute approximate surface area is 221 Å². The molecule has 0 radical (unpaired) electrons. The summed E-state index contributed by atoms with van der Waals surface area (Å²) in [6, 6.07) is 8.10. The molecule has 0 aliphatic carbocycles. The van der Waals surface area contributed by atoms with Gasteiger partial charge in [0.05, 0.1) is 45.2 Å². The van der Waals surface area contributed by atoms with Gasteiger partial charge in [0.2, 0.25) is 0 Å². The predicted octanol–water partition coefficient (Wildman–Crippen LogP) is 3.38. The molecule has 2 saturated heterocycles. The zero-order valence-corrected chi connectivity index (χ0v) is 22.0. The Morgan fingerprint density at radius 2 is 1.71 bits per heavy atom. The number of methoxy groups -OCH3 is 2. The number of morpholine rings is 1. The highest BCUT2D eigenvalue weighted by molar-refractivity contribution is 6.46. The van der Waals surface area contributed by atoms with Crippen LogP contribution in [0, 0.1) is 5.82 Å². The molecule has 2 aromatic rings. The van der Waals surface area contributed by atoms with Crippen LogP contribution in [0.3, 0.4) is 0 Å². The number of Topliss-reactive ketones (excluding diaryl/α,β-unsaturated/α-hetero) is 1. The van der Waals surface area contributed by atoms with Crippen LogP contribution in [0.5, 0.6) is 17.2 Å². The number of ether oxygens (including phenoxy) is 4. The molecule has 204 valence electrons. The molecule has 2 aliphatic rings. The van der Waals surface area contributed by atoms with Gasteiger partial charge in [-0.2, -0.15) is 0 Å². The molecule has 0 spiro atoms. The van der Waals surface area contributed by atoms with Crippen molar-refractivity contribution in [2.24, 2.45) is 0 Å². The van der Waals surface area contributed by atoms with Gasteiger partial charge in [0.1, 0.15) is 5.76 Å². The summed E-state index contributed by atoms with van der Waals surface area (Å²) in [6.07, 6.45) is -0.245. The molecule has 9 nitrogen and oxygen atoms in total. The molecule has 2 fully saturated rings. The van der Waals surface area contributed by atoms with Crippen molar-refractivity contribution >= 4 is 17.4 Å². The lowest BCUT2D eigenvalue weighted by atomic mass is 9.95. The van der Waals surface area contributed by atoms with E-state index in [2.05, 4.69) is 4.90 Å². The molecule has 0 unspecified atom stereocenters. The number of likely N-dealkylation sites (tertiary alicyclic amines) is 1. The molecule has 0 saturated carbocycles. The second-order valence-electron chi connectivity index (χ2n) is 9.37. The van der Waals surface area contributed by atoms with Crippen LogP contribution in [0.1, 0.15) is 31.0 Å². The zero-order chi connectivity index (χ0) is 27.4. The highest BCUT2D eigenvalue weighted by Gasteiger charge is 2.46. The predicted molar refractivity (Wildman–Crippen MR) is 138 cm³/mol. The number of hydrogen-bond acceptors (Lipinski definition) is 8. The Bertz CT molecular complexity index is 1220. The summed E-state index contributed by atoms with van der Waals surface area (Å²) in [5, 5.41) is 11.3. The summed E-state index contributed by atoms with van der Waals surface area (Å²) >= 11 is 0. The van der Waals surface area contributed by atoms with Crippen molar-refractivity contribution < 1.29 is 38.0 Å². The number of rotatable bonds is 9. The van der Waals surface area contributed by atoms with E-state index in [9.17, 15) is 19.1 Å². The van der Waals surface area contributed by atoms with Gasteiger partial charge in [-0.05, 0) is 49.7 Å². The summed E-state index contributed by atoms with van der Waals surface area (Å²) in [4.78, 5) is 30.2. The number of hydrogen-bond donors (Lipinski definition) is 1. The maximum Gasteiger partial charge on any atom is 0.295 e. The maximum absolute atomic E-state index is 14.8. The molecular formula is C28H33FN2O7. The van der Waals surface area contributed by atoms with Gasteiger partial charge in [-0.1, -0.05) is 6.07 Å². The van der Waals surface area contributed by atoms with Crippen molar-refractivity contribution in [2.45, 2.75) is 26.0 Å². The van der Waals surface area contributed by atoms with E-state index in [-0.39, 0.29) is 29.5 Å². The lowest BCUT2D eigenvalue weighted by Crippen LogP contribution is -2.42. The monoisotopic (exact) mass is 528 g/mol. The average Bonchev–Trinajstić information content (AvgIpc) is 3.17. The second-order valence-corrected chi connectivity index (χ2v) is 9.37.